The second kappa shape index (κ2) is 8.18. The summed E-state index contributed by atoms with van der Waals surface area (Å²) in [6.07, 6.45) is 9.49. The van der Waals surface area contributed by atoms with Gasteiger partial charge < -0.3 is 15.0 Å². The lowest BCUT2D eigenvalue weighted by atomic mass is 10.2. The minimum atomic E-state index is 0.333. The number of pyridine rings is 1. The Morgan fingerprint density at radius 3 is 2.83 bits per heavy atom. The van der Waals surface area contributed by atoms with Crippen LogP contribution in [0.5, 0.6) is 5.88 Å². The van der Waals surface area contributed by atoms with Crippen LogP contribution in [0.1, 0.15) is 51.0 Å². The Balaban J connectivity index is 1.68. The zero-order valence-electron chi connectivity index (χ0n) is 14.1. The van der Waals surface area contributed by atoms with E-state index in [0.29, 0.717) is 12.6 Å². The monoisotopic (exact) mass is 316 g/mol. The maximum absolute atomic E-state index is 6.11. The molecule has 2 fully saturated rings. The molecule has 3 rings (SSSR count). The van der Waals surface area contributed by atoms with E-state index < -0.39 is 0 Å². The van der Waals surface area contributed by atoms with Gasteiger partial charge in [0.25, 0.3) is 0 Å². The zero-order valence-corrected chi connectivity index (χ0v) is 14.1. The van der Waals surface area contributed by atoms with Crippen molar-refractivity contribution in [3.63, 3.8) is 0 Å². The predicted molar refractivity (Wildman–Crippen MR) is 92.7 cm³/mol. The van der Waals surface area contributed by atoms with Crippen LogP contribution in [0.2, 0.25) is 0 Å². The topological polar surface area (TPSA) is 49.8 Å². The lowest BCUT2D eigenvalue weighted by Gasteiger charge is -2.21. The van der Waals surface area contributed by atoms with E-state index in [4.69, 9.17) is 9.73 Å². The summed E-state index contributed by atoms with van der Waals surface area (Å²) >= 11 is 0. The van der Waals surface area contributed by atoms with Gasteiger partial charge in [-0.1, -0.05) is 6.07 Å². The molecule has 23 heavy (non-hydrogen) atoms. The number of aromatic nitrogens is 1. The number of nitrogens with one attached hydrogen (secondary N) is 1. The van der Waals surface area contributed by atoms with Crippen molar-refractivity contribution in [2.75, 3.05) is 19.6 Å². The standard InChI is InChI=1S/C18H28N4O/c1-2-19-18(22-12-5-6-13-22)21-14-15-8-7-11-20-17(15)23-16-9-3-4-10-16/h7-8,11,16H,2-6,9-10,12-14H2,1H3,(H,19,21). The van der Waals surface area contributed by atoms with Gasteiger partial charge in [-0.15, -0.1) is 0 Å². The number of ether oxygens (including phenoxy) is 1. The van der Waals surface area contributed by atoms with Gasteiger partial charge in [-0.05, 0) is 51.5 Å². The van der Waals surface area contributed by atoms with Gasteiger partial charge >= 0.3 is 0 Å². The average Bonchev–Trinajstić information content (AvgIpc) is 3.26. The van der Waals surface area contributed by atoms with E-state index in [1.165, 1.54) is 25.7 Å². The number of aliphatic imine (C=N–C) groups is 1. The van der Waals surface area contributed by atoms with E-state index in [9.17, 15) is 0 Å². The summed E-state index contributed by atoms with van der Waals surface area (Å²) in [5, 5.41) is 3.40. The van der Waals surface area contributed by atoms with Crippen LogP contribution in [0.25, 0.3) is 0 Å². The SMILES string of the molecule is CCNC(=NCc1cccnc1OC1CCCC1)N1CCCC1. The Morgan fingerprint density at radius 1 is 1.30 bits per heavy atom. The Morgan fingerprint density at radius 2 is 2.09 bits per heavy atom. The quantitative estimate of drug-likeness (QED) is 0.670. The lowest BCUT2D eigenvalue weighted by molar-refractivity contribution is 0.199. The summed E-state index contributed by atoms with van der Waals surface area (Å²) in [5.41, 5.74) is 1.08. The third-order valence-corrected chi connectivity index (χ3v) is 4.57. The summed E-state index contributed by atoms with van der Waals surface area (Å²) in [6.45, 7) is 5.83. The largest absolute Gasteiger partial charge is 0.474 e. The van der Waals surface area contributed by atoms with E-state index >= 15 is 0 Å². The predicted octanol–water partition coefficient (Wildman–Crippen LogP) is 2.96. The summed E-state index contributed by atoms with van der Waals surface area (Å²) in [5.74, 6) is 1.78. The van der Waals surface area contributed by atoms with Crippen LogP contribution >= 0.6 is 0 Å². The highest BCUT2D eigenvalue weighted by Crippen LogP contribution is 2.25. The lowest BCUT2D eigenvalue weighted by Crippen LogP contribution is -2.39. The van der Waals surface area contributed by atoms with Crippen molar-refractivity contribution in [3.05, 3.63) is 23.9 Å². The van der Waals surface area contributed by atoms with Gasteiger partial charge in [0, 0.05) is 31.4 Å². The minimum Gasteiger partial charge on any atom is -0.474 e. The molecule has 0 unspecified atom stereocenters. The zero-order chi connectivity index (χ0) is 15.9. The third-order valence-electron chi connectivity index (χ3n) is 4.57. The van der Waals surface area contributed by atoms with Crippen LogP contribution < -0.4 is 10.1 Å². The summed E-state index contributed by atoms with van der Waals surface area (Å²) < 4.78 is 6.11. The van der Waals surface area contributed by atoms with Crippen molar-refractivity contribution in [1.82, 2.24) is 15.2 Å². The molecule has 1 aliphatic heterocycles. The Labute approximate surface area is 139 Å². The van der Waals surface area contributed by atoms with E-state index in [1.807, 2.05) is 12.3 Å². The number of rotatable bonds is 5. The minimum absolute atomic E-state index is 0.333. The fourth-order valence-electron chi connectivity index (χ4n) is 3.33. The fraction of sp³-hybridized carbons (Fsp3) is 0.667. The van der Waals surface area contributed by atoms with Gasteiger partial charge in [0.05, 0.1) is 6.54 Å². The van der Waals surface area contributed by atoms with Crippen molar-refractivity contribution in [3.8, 4) is 5.88 Å². The maximum Gasteiger partial charge on any atom is 0.218 e. The molecular formula is C18H28N4O. The number of hydrogen-bond donors (Lipinski definition) is 1. The first-order valence-corrected chi connectivity index (χ1v) is 9.00. The van der Waals surface area contributed by atoms with Crippen molar-refractivity contribution < 1.29 is 4.74 Å². The molecule has 5 heteroatoms. The molecule has 2 aliphatic rings. The second-order valence-electron chi connectivity index (χ2n) is 6.36. The highest BCUT2D eigenvalue weighted by Gasteiger charge is 2.19. The Kier molecular flexibility index (Phi) is 5.72. The number of nitrogens with zero attached hydrogens (tertiary/aromatic N) is 3. The maximum atomic E-state index is 6.11. The van der Waals surface area contributed by atoms with Crippen LogP contribution in [0.15, 0.2) is 23.3 Å². The molecule has 126 valence electrons. The molecule has 0 atom stereocenters. The van der Waals surface area contributed by atoms with Crippen LogP contribution in [0.4, 0.5) is 0 Å². The number of hydrogen-bond acceptors (Lipinski definition) is 3. The molecule has 1 saturated heterocycles. The Bertz CT molecular complexity index is 520. The summed E-state index contributed by atoms with van der Waals surface area (Å²) in [4.78, 5) is 11.6. The first kappa shape index (κ1) is 16.1. The molecule has 0 spiro atoms. The molecule has 5 nitrogen and oxygen atoms in total. The molecule has 1 saturated carbocycles. The van der Waals surface area contributed by atoms with E-state index in [0.717, 1.165) is 49.9 Å². The molecular weight excluding hydrogens is 288 g/mol. The van der Waals surface area contributed by atoms with E-state index in [-0.39, 0.29) is 0 Å². The van der Waals surface area contributed by atoms with Gasteiger partial charge in [-0.3, -0.25) is 0 Å². The normalized spacial score (nSPS) is 19.3. The molecule has 0 radical (unpaired) electrons. The molecule has 1 aromatic rings. The van der Waals surface area contributed by atoms with Gasteiger partial charge in [0.1, 0.15) is 6.10 Å². The molecule has 0 amide bonds. The van der Waals surface area contributed by atoms with Crippen molar-refractivity contribution in [2.45, 2.75) is 58.1 Å². The molecule has 1 aliphatic carbocycles. The molecule has 1 N–H and O–H groups in total. The molecule has 2 heterocycles. The van der Waals surface area contributed by atoms with Crippen LogP contribution in [-0.4, -0.2) is 41.6 Å². The molecule has 1 aromatic heterocycles. The first-order chi connectivity index (χ1) is 11.4. The molecule has 0 aromatic carbocycles. The average molecular weight is 316 g/mol. The fourth-order valence-corrected chi connectivity index (χ4v) is 3.33. The van der Waals surface area contributed by atoms with Crippen LogP contribution in [0.3, 0.4) is 0 Å². The number of guanidine groups is 1. The van der Waals surface area contributed by atoms with Gasteiger partial charge in [0.15, 0.2) is 5.96 Å². The first-order valence-electron chi connectivity index (χ1n) is 9.00. The Hall–Kier alpha value is -1.78. The van der Waals surface area contributed by atoms with Gasteiger partial charge in [-0.25, -0.2) is 9.98 Å². The summed E-state index contributed by atoms with van der Waals surface area (Å²) in [6, 6.07) is 4.05. The van der Waals surface area contributed by atoms with Crippen molar-refractivity contribution in [2.24, 2.45) is 4.99 Å². The smallest absolute Gasteiger partial charge is 0.218 e. The van der Waals surface area contributed by atoms with Gasteiger partial charge in [-0.2, -0.15) is 0 Å². The third kappa shape index (κ3) is 4.36. The van der Waals surface area contributed by atoms with Crippen molar-refractivity contribution in [1.29, 1.82) is 0 Å². The highest BCUT2D eigenvalue weighted by molar-refractivity contribution is 5.80. The van der Waals surface area contributed by atoms with Crippen LogP contribution in [-0.2, 0) is 6.54 Å². The summed E-state index contributed by atoms with van der Waals surface area (Å²) in [7, 11) is 0. The van der Waals surface area contributed by atoms with Crippen molar-refractivity contribution >= 4 is 5.96 Å². The van der Waals surface area contributed by atoms with E-state index in [1.54, 1.807) is 0 Å². The molecule has 0 bridgehead atoms. The second-order valence-corrected chi connectivity index (χ2v) is 6.36. The van der Waals surface area contributed by atoms with E-state index in [2.05, 4.69) is 28.2 Å². The number of likely N-dealkylation sites (tertiary alicyclic amines) is 1. The van der Waals surface area contributed by atoms with Gasteiger partial charge in [0.2, 0.25) is 5.88 Å². The van der Waals surface area contributed by atoms with Crippen LogP contribution in [0, 0.1) is 0 Å². The highest BCUT2D eigenvalue weighted by atomic mass is 16.5.